The van der Waals surface area contributed by atoms with E-state index in [4.69, 9.17) is 0 Å². The van der Waals surface area contributed by atoms with Gasteiger partial charge in [0.15, 0.2) is 11.4 Å². The fraction of sp³-hybridized carbons (Fsp3) is 0.360. The number of pyridine rings is 1. The number of halogens is 4. The van der Waals surface area contributed by atoms with Crippen LogP contribution < -0.4 is 10.4 Å². The van der Waals surface area contributed by atoms with Gasteiger partial charge in [-0.15, -0.1) is 11.8 Å². The largest absolute Gasteiger partial charge is 0.502 e. The van der Waals surface area contributed by atoms with E-state index in [1.807, 2.05) is 18.2 Å². The third kappa shape index (κ3) is 3.89. The summed E-state index contributed by atoms with van der Waals surface area (Å²) in [6.07, 6.45) is -1.62. The number of amides is 1. The number of fused-ring (bicyclic) bond motifs is 2. The molecule has 2 aromatic rings. The van der Waals surface area contributed by atoms with Crippen LogP contribution in [-0.4, -0.2) is 39.5 Å². The number of hydrogen-bond acceptors (Lipinski definition) is 5. The Kier molecular flexibility index (Phi) is 5.93. The van der Waals surface area contributed by atoms with Crippen LogP contribution >= 0.6 is 11.8 Å². The molecule has 190 valence electrons. The van der Waals surface area contributed by atoms with Gasteiger partial charge in [0.1, 0.15) is 18.5 Å². The maximum Gasteiger partial charge on any atom is 0.408 e. The molecule has 11 heteroatoms. The summed E-state index contributed by atoms with van der Waals surface area (Å²) >= 11 is 1.56. The van der Waals surface area contributed by atoms with Crippen molar-refractivity contribution in [3.63, 3.8) is 0 Å². The molecular weight excluding hydrogens is 498 g/mol. The second-order valence-corrected chi connectivity index (χ2v) is 10.3. The highest BCUT2D eigenvalue weighted by Crippen LogP contribution is 2.48. The summed E-state index contributed by atoms with van der Waals surface area (Å²) in [5.74, 6) is -2.14. The third-order valence-electron chi connectivity index (χ3n) is 6.95. The van der Waals surface area contributed by atoms with Crippen LogP contribution in [0, 0.1) is 5.92 Å². The lowest BCUT2D eigenvalue weighted by molar-refractivity contribution is -0.173. The highest BCUT2D eigenvalue weighted by molar-refractivity contribution is 8.02. The molecule has 5 rings (SSSR count). The molecule has 0 saturated heterocycles. The number of hydrogen-bond donors (Lipinski definition) is 1. The Labute approximate surface area is 208 Å². The van der Waals surface area contributed by atoms with Crippen molar-refractivity contribution in [2.45, 2.75) is 44.3 Å². The molecule has 3 atom stereocenters. The molecule has 1 aromatic heterocycles. The second-order valence-electron chi connectivity index (χ2n) is 9.20. The Hall–Kier alpha value is -3.21. The molecule has 1 aromatic carbocycles. The number of aromatic nitrogens is 1. The van der Waals surface area contributed by atoms with Gasteiger partial charge >= 0.3 is 6.18 Å². The van der Waals surface area contributed by atoms with E-state index >= 15 is 0 Å². The Bertz CT molecular complexity index is 1370. The highest BCUT2D eigenvalue weighted by Gasteiger charge is 2.48. The number of allylic oxidation sites excluding steroid dienone is 2. The molecule has 1 aliphatic carbocycles. The van der Waals surface area contributed by atoms with Crippen LogP contribution in [0.5, 0.6) is 5.75 Å². The van der Waals surface area contributed by atoms with Crippen molar-refractivity contribution in [1.82, 2.24) is 9.58 Å². The zero-order valence-corrected chi connectivity index (χ0v) is 20.2. The number of alkyl halides is 3. The quantitative estimate of drug-likeness (QED) is 0.564. The van der Waals surface area contributed by atoms with Gasteiger partial charge in [0.05, 0.1) is 6.04 Å². The van der Waals surface area contributed by atoms with E-state index in [1.54, 1.807) is 24.8 Å². The third-order valence-corrected chi connectivity index (χ3v) is 8.16. The SMILES string of the molecule is CC1CC2=C(C=C1F)[C@@H](N1CN(C(C)C(F)(F)F)C(=O)c3c(O)c(=O)ccn31)c1ccccc1CS2. The highest BCUT2D eigenvalue weighted by atomic mass is 32.2. The summed E-state index contributed by atoms with van der Waals surface area (Å²) in [6, 6.07) is 5.47. The van der Waals surface area contributed by atoms with E-state index in [0.717, 1.165) is 29.0 Å². The van der Waals surface area contributed by atoms with Gasteiger partial charge in [-0.3, -0.25) is 19.3 Å². The van der Waals surface area contributed by atoms with Crippen LogP contribution in [0.1, 0.15) is 47.9 Å². The summed E-state index contributed by atoms with van der Waals surface area (Å²) < 4.78 is 57.5. The van der Waals surface area contributed by atoms with Crippen LogP contribution in [0.15, 0.2) is 63.7 Å². The summed E-state index contributed by atoms with van der Waals surface area (Å²) in [7, 11) is 0. The molecule has 1 amide bonds. The minimum Gasteiger partial charge on any atom is -0.502 e. The first kappa shape index (κ1) is 24.5. The molecule has 6 nitrogen and oxygen atoms in total. The first-order valence-corrected chi connectivity index (χ1v) is 12.4. The van der Waals surface area contributed by atoms with Crippen molar-refractivity contribution in [1.29, 1.82) is 0 Å². The molecule has 3 aliphatic rings. The Balaban J connectivity index is 1.77. The van der Waals surface area contributed by atoms with Crippen LogP contribution in [0.2, 0.25) is 0 Å². The lowest BCUT2D eigenvalue weighted by Gasteiger charge is -2.46. The molecule has 0 radical (unpaired) electrons. The lowest BCUT2D eigenvalue weighted by Crippen LogP contribution is -2.60. The van der Waals surface area contributed by atoms with Gasteiger partial charge in [0, 0.05) is 23.9 Å². The van der Waals surface area contributed by atoms with E-state index in [2.05, 4.69) is 0 Å². The molecule has 2 unspecified atom stereocenters. The molecule has 0 spiro atoms. The van der Waals surface area contributed by atoms with Crippen molar-refractivity contribution >= 4 is 17.7 Å². The van der Waals surface area contributed by atoms with E-state index < -0.39 is 47.7 Å². The van der Waals surface area contributed by atoms with Crippen LogP contribution in [-0.2, 0) is 5.75 Å². The molecule has 1 N–H and O–H groups in total. The van der Waals surface area contributed by atoms with Crippen molar-refractivity contribution < 1.29 is 27.5 Å². The standard InChI is InChI=1S/C25H23F4N3O3S/c1-13-9-20-17(10-18(13)26)21(16-6-4-3-5-15(16)11-36-20)32-12-30(14(2)25(27,28)29)24(35)22-23(34)19(33)7-8-31(22)32/h3-8,10,13-14,21,34H,9,11-12H2,1-2H3/t13?,14?,21-/m0/s1. The first-order valence-electron chi connectivity index (χ1n) is 11.4. The van der Waals surface area contributed by atoms with Gasteiger partial charge in [-0.2, -0.15) is 13.2 Å². The molecule has 0 fully saturated rings. The van der Waals surface area contributed by atoms with Gasteiger partial charge in [-0.05, 0) is 41.0 Å². The maximum absolute atomic E-state index is 14.9. The number of benzene rings is 1. The topological polar surface area (TPSA) is 65.8 Å². The summed E-state index contributed by atoms with van der Waals surface area (Å²) in [4.78, 5) is 26.9. The zero-order valence-electron chi connectivity index (χ0n) is 19.4. The first-order chi connectivity index (χ1) is 17.0. The van der Waals surface area contributed by atoms with Gasteiger partial charge in [-0.1, -0.05) is 31.2 Å². The molecule has 3 heterocycles. The summed E-state index contributed by atoms with van der Waals surface area (Å²) in [6.45, 7) is 2.13. The van der Waals surface area contributed by atoms with Gasteiger partial charge in [-0.25, -0.2) is 4.39 Å². The van der Waals surface area contributed by atoms with E-state index in [-0.39, 0.29) is 11.7 Å². The average molecular weight is 522 g/mol. The van der Waals surface area contributed by atoms with Gasteiger partial charge in [0.2, 0.25) is 5.43 Å². The van der Waals surface area contributed by atoms with Crippen molar-refractivity contribution in [3.05, 3.63) is 86.0 Å². The number of carbonyl (C=O) groups is 1. The summed E-state index contributed by atoms with van der Waals surface area (Å²) in [5.41, 5.74) is 0.799. The van der Waals surface area contributed by atoms with Gasteiger partial charge in [0.25, 0.3) is 5.91 Å². The predicted molar refractivity (Wildman–Crippen MR) is 128 cm³/mol. The number of carbonyl (C=O) groups excluding carboxylic acids is 1. The maximum atomic E-state index is 14.9. The summed E-state index contributed by atoms with van der Waals surface area (Å²) in [5, 5.41) is 12.0. The lowest BCUT2D eigenvalue weighted by atomic mass is 9.88. The fourth-order valence-electron chi connectivity index (χ4n) is 4.86. The van der Waals surface area contributed by atoms with Crippen LogP contribution in [0.3, 0.4) is 0 Å². The normalized spacial score (nSPS) is 22.9. The van der Waals surface area contributed by atoms with Gasteiger partial charge < -0.3 is 10.0 Å². The van der Waals surface area contributed by atoms with E-state index in [9.17, 15) is 32.3 Å². The molecule has 0 bridgehead atoms. The fourth-order valence-corrected chi connectivity index (χ4v) is 6.16. The van der Waals surface area contributed by atoms with Crippen LogP contribution in [0.4, 0.5) is 17.6 Å². The Morgan fingerprint density at radius 3 is 2.61 bits per heavy atom. The minimum atomic E-state index is -4.75. The molecule has 0 saturated carbocycles. The average Bonchev–Trinajstić information content (AvgIpc) is 2.98. The number of nitrogens with zero attached hydrogens (tertiary/aromatic N) is 3. The van der Waals surface area contributed by atoms with E-state index in [1.165, 1.54) is 22.0 Å². The number of rotatable bonds is 2. The zero-order chi connectivity index (χ0) is 25.9. The van der Waals surface area contributed by atoms with E-state index in [0.29, 0.717) is 22.6 Å². The minimum absolute atomic E-state index is 0.338. The van der Waals surface area contributed by atoms with Crippen molar-refractivity contribution in [2.75, 3.05) is 11.7 Å². The Morgan fingerprint density at radius 2 is 1.89 bits per heavy atom. The smallest absolute Gasteiger partial charge is 0.408 e. The van der Waals surface area contributed by atoms with Crippen molar-refractivity contribution in [3.8, 4) is 5.75 Å². The van der Waals surface area contributed by atoms with Crippen LogP contribution in [0.25, 0.3) is 0 Å². The molecular formula is C25H23F4N3O3S. The number of thioether (sulfide) groups is 1. The monoisotopic (exact) mass is 521 g/mol. The molecule has 36 heavy (non-hydrogen) atoms. The molecule has 2 aliphatic heterocycles. The second kappa shape index (κ2) is 8.72. The predicted octanol–water partition coefficient (Wildman–Crippen LogP) is 4.99. The number of aromatic hydroxyl groups is 1. The van der Waals surface area contributed by atoms with Crippen molar-refractivity contribution in [2.24, 2.45) is 5.92 Å². The Morgan fingerprint density at radius 1 is 1.17 bits per heavy atom.